The van der Waals surface area contributed by atoms with Crippen molar-refractivity contribution in [1.29, 1.82) is 0 Å². The first-order valence-electron chi connectivity index (χ1n) is 5.61. The Kier molecular flexibility index (Phi) is 2.52. The Labute approximate surface area is 109 Å². The van der Waals surface area contributed by atoms with E-state index in [1.54, 1.807) is 0 Å². The number of benzene rings is 1. The monoisotopic (exact) mass is 261 g/mol. The predicted molar refractivity (Wildman–Crippen MR) is 72.6 cm³/mol. The number of rotatable bonds is 2. The zero-order chi connectivity index (χ0) is 12.7. The van der Waals surface area contributed by atoms with Crippen LogP contribution in [0.1, 0.15) is 11.5 Å². The van der Waals surface area contributed by atoms with Gasteiger partial charge in [0.25, 0.3) is 0 Å². The van der Waals surface area contributed by atoms with Crippen molar-refractivity contribution in [2.45, 2.75) is 13.8 Å². The van der Waals surface area contributed by atoms with Crippen molar-refractivity contribution in [2.24, 2.45) is 0 Å². The second-order valence-electron chi connectivity index (χ2n) is 4.31. The SMILES string of the molecule is Cc1cc2c(Nc3cc(C)on3)cc(Cl)cc2[nH]1. The highest BCUT2D eigenvalue weighted by molar-refractivity contribution is 6.31. The molecule has 5 heteroatoms. The van der Waals surface area contributed by atoms with Gasteiger partial charge in [-0.15, -0.1) is 0 Å². The molecule has 3 aromatic rings. The summed E-state index contributed by atoms with van der Waals surface area (Å²) in [4.78, 5) is 3.26. The van der Waals surface area contributed by atoms with Gasteiger partial charge >= 0.3 is 0 Å². The molecule has 3 rings (SSSR count). The van der Waals surface area contributed by atoms with Gasteiger partial charge in [-0.3, -0.25) is 0 Å². The Morgan fingerprint density at radius 1 is 1.22 bits per heavy atom. The maximum absolute atomic E-state index is 6.10. The first-order chi connectivity index (χ1) is 8.61. The molecule has 4 nitrogen and oxygen atoms in total. The van der Waals surface area contributed by atoms with Crippen molar-refractivity contribution in [3.63, 3.8) is 0 Å². The van der Waals surface area contributed by atoms with E-state index in [4.69, 9.17) is 16.1 Å². The molecule has 0 atom stereocenters. The third-order valence-corrected chi connectivity index (χ3v) is 2.95. The molecule has 1 aromatic carbocycles. The number of nitrogens with one attached hydrogen (secondary N) is 2. The standard InChI is InChI=1S/C13H12ClN3O/c1-7-3-10-11(15-7)5-9(14)6-12(10)16-13-4-8(2)18-17-13/h3-6,15H,1-2H3,(H,16,17). The number of halogens is 1. The van der Waals surface area contributed by atoms with Crippen LogP contribution in [0.2, 0.25) is 5.02 Å². The average molecular weight is 262 g/mol. The van der Waals surface area contributed by atoms with Gasteiger partial charge in [0.2, 0.25) is 0 Å². The quantitative estimate of drug-likeness (QED) is 0.728. The molecule has 0 saturated heterocycles. The van der Waals surface area contributed by atoms with Crippen LogP contribution in [0.15, 0.2) is 28.8 Å². The Morgan fingerprint density at radius 3 is 2.78 bits per heavy atom. The number of aryl methyl sites for hydroxylation is 2. The van der Waals surface area contributed by atoms with Crippen molar-refractivity contribution in [3.8, 4) is 0 Å². The topological polar surface area (TPSA) is 53.9 Å². The largest absolute Gasteiger partial charge is 0.360 e. The van der Waals surface area contributed by atoms with Crippen LogP contribution in [0.4, 0.5) is 11.5 Å². The maximum Gasteiger partial charge on any atom is 0.174 e. The van der Waals surface area contributed by atoms with Crippen molar-refractivity contribution in [1.82, 2.24) is 10.1 Å². The number of fused-ring (bicyclic) bond motifs is 1. The molecular formula is C13H12ClN3O. The lowest BCUT2D eigenvalue weighted by molar-refractivity contribution is 0.400. The molecule has 2 aromatic heterocycles. The molecule has 0 saturated carbocycles. The van der Waals surface area contributed by atoms with E-state index in [0.29, 0.717) is 10.8 Å². The molecule has 2 heterocycles. The Balaban J connectivity index is 2.10. The molecule has 0 aliphatic rings. The average Bonchev–Trinajstić information content (AvgIpc) is 2.84. The van der Waals surface area contributed by atoms with Gasteiger partial charge in [-0.1, -0.05) is 16.8 Å². The molecule has 0 aliphatic heterocycles. The summed E-state index contributed by atoms with van der Waals surface area (Å²) in [5.74, 6) is 1.44. The van der Waals surface area contributed by atoms with E-state index in [1.165, 1.54) is 0 Å². The number of hydrogen-bond acceptors (Lipinski definition) is 3. The summed E-state index contributed by atoms with van der Waals surface area (Å²) in [6.07, 6.45) is 0. The van der Waals surface area contributed by atoms with Crippen LogP contribution >= 0.6 is 11.6 Å². The van der Waals surface area contributed by atoms with E-state index >= 15 is 0 Å². The molecule has 0 spiro atoms. The molecule has 92 valence electrons. The van der Waals surface area contributed by atoms with Crippen molar-refractivity contribution in [3.05, 3.63) is 40.7 Å². The molecule has 2 N–H and O–H groups in total. The summed E-state index contributed by atoms with van der Waals surface area (Å²) in [5, 5.41) is 8.88. The summed E-state index contributed by atoms with van der Waals surface area (Å²) in [7, 11) is 0. The molecule has 0 unspecified atom stereocenters. The number of aromatic nitrogens is 2. The Bertz CT molecular complexity index is 714. The molecule has 0 radical (unpaired) electrons. The minimum absolute atomic E-state index is 0.673. The van der Waals surface area contributed by atoms with Gasteiger partial charge in [0.05, 0.1) is 5.69 Å². The maximum atomic E-state index is 6.10. The number of hydrogen-bond donors (Lipinski definition) is 2. The van der Waals surface area contributed by atoms with E-state index in [0.717, 1.165) is 28.0 Å². The number of nitrogens with zero attached hydrogens (tertiary/aromatic N) is 1. The summed E-state index contributed by atoms with van der Waals surface area (Å²) in [6, 6.07) is 7.69. The molecule has 0 bridgehead atoms. The normalized spacial score (nSPS) is 11.1. The number of anilines is 2. The summed E-state index contributed by atoms with van der Waals surface area (Å²) < 4.78 is 5.03. The second-order valence-corrected chi connectivity index (χ2v) is 4.75. The lowest BCUT2D eigenvalue weighted by atomic mass is 10.2. The van der Waals surface area contributed by atoms with E-state index in [-0.39, 0.29) is 0 Å². The van der Waals surface area contributed by atoms with Gasteiger partial charge in [0.15, 0.2) is 5.82 Å². The fraction of sp³-hybridized carbons (Fsp3) is 0.154. The lowest BCUT2D eigenvalue weighted by Crippen LogP contribution is -1.90. The minimum Gasteiger partial charge on any atom is -0.360 e. The van der Waals surface area contributed by atoms with Gasteiger partial charge in [0, 0.05) is 27.7 Å². The molecule has 0 amide bonds. The summed E-state index contributed by atoms with van der Waals surface area (Å²) in [6.45, 7) is 3.87. The highest BCUT2D eigenvalue weighted by atomic mass is 35.5. The molecule has 18 heavy (non-hydrogen) atoms. The number of H-pyrrole nitrogens is 1. The van der Waals surface area contributed by atoms with Crippen LogP contribution in [0.25, 0.3) is 10.9 Å². The fourth-order valence-corrected chi connectivity index (χ4v) is 2.23. The first kappa shape index (κ1) is 11.2. The van der Waals surface area contributed by atoms with Crippen LogP contribution in [0, 0.1) is 13.8 Å². The van der Waals surface area contributed by atoms with E-state index in [1.807, 2.05) is 32.0 Å². The zero-order valence-electron chi connectivity index (χ0n) is 10.0. The summed E-state index contributed by atoms with van der Waals surface area (Å²) >= 11 is 6.10. The van der Waals surface area contributed by atoms with Crippen LogP contribution in [-0.4, -0.2) is 10.1 Å². The van der Waals surface area contributed by atoms with Gasteiger partial charge < -0.3 is 14.8 Å². The van der Waals surface area contributed by atoms with Gasteiger partial charge in [0.1, 0.15) is 5.76 Å². The van der Waals surface area contributed by atoms with Crippen LogP contribution in [0.3, 0.4) is 0 Å². The Morgan fingerprint density at radius 2 is 2.06 bits per heavy atom. The minimum atomic E-state index is 0.673. The fourth-order valence-electron chi connectivity index (χ4n) is 2.01. The third kappa shape index (κ3) is 1.95. The highest BCUT2D eigenvalue weighted by Gasteiger charge is 2.08. The van der Waals surface area contributed by atoms with Crippen LogP contribution < -0.4 is 5.32 Å². The smallest absolute Gasteiger partial charge is 0.174 e. The van der Waals surface area contributed by atoms with Crippen molar-refractivity contribution >= 4 is 34.0 Å². The zero-order valence-corrected chi connectivity index (χ0v) is 10.8. The van der Waals surface area contributed by atoms with Gasteiger partial charge in [-0.2, -0.15) is 0 Å². The second kappa shape index (κ2) is 4.07. The number of aromatic amines is 1. The van der Waals surface area contributed by atoms with E-state index in [2.05, 4.69) is 21.5 Å². The van der Waals surface area contributed by atoms with Crippen LogP contribution in [0.5, 0.6) is 0 Å². The lowest BCUT2D eigenvalue weighted by Gasteiger charge is -2.04. The van der Waals surface area contributed by atoms with Gasteiger partial charge in [-0.05, 0) is 32.0 Å². The highest BCUT2D eigenvalue weighted by Crippen LogP contribution is 2.30. The summed E-state index contributed by atoms with van der Waals surface area (Å²) in [5.41, 5.74) is 3.00. The van der Waals surface area contributed by atoms with Crippen molar-refractivity contribution in [2.75, 3.05) is 5.32 Å². The molecular weight excluding hydrogens is 250 g/mol. The molecule has 0 aliphatic carbocycles. The first-order valence-corrected chi connectivity index (χ1v) is 5.99. The van der Waals surface area contributed by atoms with E-state index in [9.17, 15) is 0 Å². The van der Waals surface area contributed by atoms with Crippen molar-refractivity contribution < 1.29 is 4.52 Å². The predicted octanol–water partition coefficient (Wildman–Crippen LogP) is 4.17. The molecule has 0 fully saturated rings. The van der Waals surface area contributed by atoms with Crippen LogP contribution in [-0.2, 0) is 0 Å². The Hall–Kier alpha value is -1.94. The third-order valence-electron chi connectivity index (χ3n) is 2.73. The van der Waals surface area contributed by atoms with Gasteiger partial charge in [-0.25, -0.2) is 0 Å². The van der Waals surface area contributed by atoms with E-state index < -0.39 is 0 Å².